The van der Waals surface area contributed by atoms with E-state index in [-0.39, 0.29) is 96.3 Å². The van der Waals surface area contributed by atoms with Crippen LogP contribution in [-0.2, 0) is 86.3 Å². The van der Waals surface area contributed by atoms with Gasteiger partial charge in [0, 0.05) is 132 Å². The van der Waals surface area contributed by atoms with Crippen molar-refractivity contribution in [1.82, 2.24) is 56.9 Å². The molecule has 10 N–H and O–H groups in total. The average Bonchev–Trinajstić information content (AvgIpc) is 1.81. The summed E-state index contributed by atoms with van der Waals surface area (Å²) in [4.78, 5) is 200. The minimum Gasteiger partial charge on any atom is -0.508 e. The highest BCUT2D eigenvalue weighted by Crippen LogP contribution is 2.26. The number of carbonyl (C=O) groups is 14. The van der Waals surface area contributed by atoms with Crippen LogP contribution in [0.15, 0.2) is 109 Å². The van der Waals surface area contributed by atoms with Crippen molar-refractivity contribution < 1.29 is 82.1 Å². The first-order chi connectivity index (χ1) is 47.1. The van der Waals surface area contributed by atoms with E-state index in [1.54, 1.807) is 63.4 Å². The van der Waals surface area contributed by atoms with Crippen LogP contribution in [0, 0.1) is 11.8 Å². The largest absolute Gasteiger partial charge is 0.508 e. The molecule has 0 spiro atoms. The lowest BCUT2D eigenvalue weighted by Gasteiger charge is -2.33. The molecule has 0 unspecified atom stereocenters. The van der Waals surface area contributed by atoms with Gasteiger partial charge in [0.25, 0.3) is 23.6 Å². The summed E-state index contributed by atoms with van der Waals surface area (Å²) in [5.41, 5.74) is 1.55. The summed E-state index contributed by atoms with van der Waals surface area (Å²) in [5.74, 6) is -11.7. The third kappa shape index (κ3) is 23.1. The van der Waals surface area contributed by atoms with Crippen molar-refractivity contribution in [2.75, 3.05) is 39.8 Å². The Hall–Kier alpha value is -10.4. The average molecular weight is 1370 g/mol. The Morgan fingerprint density at radius 3 is 1.82 bits per heavy atom. The molecule has 0 aliphatic carbocycles. The van der Waals surface area contributed by atoms with Gasteiger partial charge in [-0.2, -0.15) is 0 Å². The number of aliphatic hydroxyl groups is 1. The number of nitrogens with zero attached hydrogens (tertiary/aromatic N) is 3. The number of benzene rings is 3. The van der Waals surface area contributed by atoms with E-state index in [0.29, 0.717) is 28.6 Å². The van der Waals surface area contributed by atoms with Crippen LogP contribution in [0.3, 0.4) is 0 Å². The Kier molecular flexibility index (Phi) is 27.8. The van der Waals surface area contributed by atoms with Crippen molar-refractivity contribution >= 4 is 93.5 Å². The van der Waals surface area contributed by atoms with Gasteiger partial charge in [0.2, 0.25) is 41.4 Å². The van der Waals surface area contributed by atoms with Gasteiger partial charge in [-0.3, -0.25) is 72.1 Å². The summed E-state index contributed by atoms with van der Waals surface area (Å²) in [7, 11) is 1.27. The molecule has 28 nitrogen and oxygen atoms in total. The Morgan fingerprint density at radius 1 is 0.606 bits per heavy atom. The Labute approximate surface area is 573 Å². The van der Waals surface area contributed by atoms with E-state index in [0.717, 1.165) is 44.4 Å². The Bertz CT molecular complexity index is 3640. The number of fused-ring (bicyclic) bond motifs is 1. The fraction of sp³-hybridized carbons (Fsp3) is 0.465. The maximum atomic E-state index is 15.5. The number of hydrogen-bond acceptors (Lipinski definition) is 17. The number of hydrogen-bond donors (Lipinski definition) is 10. The van der Waals surface area contributed by atoms with E-state index in [1.807, 2.05) is 18.2 Å². The number of alkyl carbamates (subject to hydrolysis) is 1. The Balaban J connectivity index is 1.21. The first-order valence-corrected chi connectivity index (χ1v) is 33.3. The predicted molar refractivity (Wildman–Crippen MR) is 360 cm³/mol. The number of H-pyrrole nitrogens is 1. The number of Topliss-reactive ketones (excluding diaryl/α,β-unsaturated/α-hetero) is 2. The molecule has 3 aromatic carbocycles. The summed E-state index contributed by atoms with van der Waals surface area (Å²) in [6.07, 6.45) is 1.46. The SMILES string of the molecule is C[C@@H](O)[C@@H]1NC(=O)[C@H](CCCCNC(=O)OC(C)(C)C)CC(=O)[C@@H](Cc2c[nH]c3ccccc23)NC(=O)[C@H](Cc2ccc(O)cc2)CC(=O)[C@H](CCC(=O)N[C@@H](CCC(=O)NCCCN2C(=O)C=CC2=O)C(=O)NCCCN2C(=O)C=CC2=O)N(C)C(=O)[C@H](Cc2ccccc2)NC1=O. The number of likely N-dealkylation sites (N-methyl/N-ethyl adjacent to an activating group) is 1. The van der Waals surface area contributed by atoms with E-state index in [9.17, 15) is 58.2 Å². The third-order valence-electron chi connectivity index (χ3n) is 17.1. The first kappa shape index (κ1) is 76.0. The van der Waals surface area contributed by atoms with E-state index in [2.05, 4.69) is 42.2 Å². The smallest absolute Gasteiger partial charge is 0.407 e. The Morgan fingerprint density at radius 2 is 1.18 bits per heavy atom. The van der Waals surface area contributed by atoms with E-state index in [1.165, 1.54) is 38.2 Å². The van der Waals surface area contributed by atoms with Gasteiger partial charge in [0.15, 0.2) is 11.6 Å². The summed E-state index contributed by atoms with van der Waals surface area (Å²) < 4.78 is 5.36. The van der Waals surface area contributed by atoms with E-state index >= 15 is 19.2 Å². The second-order valence-corrected chi connectivity index (χ2v) is 26.0. The molecule has 8 atom stereocenters. The molecule has 99 heavy (non-hydrogen) atoms. The molecule has 4 heterocycles. The number of carbonyl (C=O) groups excluding carboxylic acids is 14. The highest BCUT2D eigenvalue weighted by Gasteiger charge is 2.40. The van der Waals surface area contributed by atoms with Crippen molar-refractivity contribution in [1.29, 1.82) is 0 Å². The number of para-hydroxylation sites is 1. The number of phenolic OH excluding ortho intramolecular Hbond substituents is 1. The maximum absolute atomic E-state index is 15.5. The number of ketones is 2. The van der Waals surface area contributed by atoms with Gasteiger partial charge in [-0.1, -0.05) is 67.1 Å². The lowest BCUT2D eigenvalue weighted by Crippen LogP contribution is -2.59. The monoisotopic (exact) mass is 1370 g/mol. The number of imide groups is 2. The summed E-state index contributed by atoms with van der Waals surface area (Å²) in [6, 6.07) is 13.9. The highest BCUT2D eigenvalue weighted by atomic mass is 16.6. The molecule has 1 aromatic heterocycles. The van der Waals surface area contributed by atoms with Crippen LogP contribution >= 0.6 is 0 Å². The standard InChI is InChI=1S/C71H89N11O17/c1-43(83)64-68(96)78-54(38-44-15-7-6-8-16-44)69(97)80(5)55(25-27-59(88)76-52(67(95)73-34-14-36-82-62(91)30-31-63(82)92)24-26-58(87)72-33-13-35-81-60(89)28-29-61(81)90)57(86)41-47(37-45-20-22-49(84)23-21-45)66(94)77-53(39-48-42-75-51-19-10-9-18-50(48)51)56(85)40-46(65(93)79-64)17-11-12-32-74-70(98)99-71(2,3)4/h6-10,15-16,18-23,28-31,42-43,46-47,52-55,64,75,83-84H,11-14,17,24-27,32-41H2,1-5H3,(H,72,87)(H,73,95)(H,74,98)(H,76,88)(H,77,94)(H,78,96)(H,79,93)/t43-,46-,47-,52+,53-,54+,55+,64+/m1/s1. The minimum absolute atomic E-state index is 0.0117. The van der Waals surface area contributed by atoms with Gasteiger partial charge in [0.1, 0.15) is 29.5 Å². The summed E-state index contributed by atoms with van der Waals surface area (Å²) in [6.45, 7) is 6.44. The van der Waals surface area contributed by atoms with Crippen LogP contribution in [0.25, 0.3) is 10.9 Å². The number of nitrogens with one attached hydrogen (secondary N) is 8. The van der Waals surface area contributed by atoms with Crippen LogP contribution in [0.5, 0.6) is 5.75 Å². The second-order valence-electron chi connectivity index (χ2n) is 26.0. The van der Waals surface area contributed by atoms with Crippen molar-refractivity contribution in [3.05, 3.63) is 126 Å². The molecule has 7 rings (SSSR count). The number of aliphatic hydroxyl groups excluding tert-OH is 1. The maximum Gasteiger partial charge on any atom is 0.407 e. The molecule has 3 aliphatic heterocycles. The fourth-order valence-corrected chi connectivity index (χ4v) is 11.8. The van der Waals surface area contributed by atoms with Gasteiger partial charge in [-0.15, -0.1) is 0 Å². The van der Waals surface area contributed by atoms with Crippen molar-refractivity contribution in [3.8, 4) is 5.75 Å². The van der Waals surface area contributed by atoms with Crippen molar-refractivity contribution in [2.45, 2.75) is 160 Å². The zero-order valence-corrected chi connectivity index (χ0v) is 56.3. The van der Waals surface area contributed by atoms with Crippen LogP contribution < -0.4 is 37.2 Å². The van der Waals surface area contributed by atoms with Gasteiger partial charge in [-0.25, -0.2) is 4.79 Å². The summed E-state index contributed by atoms with van der Waals surface area (Å²) in [5, 5.41) is 41.2. The number of ether oxygens (including phenoxy) is 1. The number of amides is 12. The quantitative estimate of drug-likeness (QED) is 0.0288. The van der Waals surface area contributed by atoms with Crippen molar-refractivity contribution in [2.24, 2.45) is 11.8 Å². The molecule has 0 radical (unpaired) electrons. The summed E-state index contributed by atoms with van der Waals surface area (Å²) >= 11 is 0. The molecular formula is C71H89N11O17. The zero-order chi connectivity index (χ0) is 71.9. The van der Waals surface area contributed by atoms with Gasteiger partial charge < -0.3 is 62.1 Å². The number of phenols is 1. The van der Waals surface area contributed by atoms with Gasteiger partial charge in [0.05, 0.1) is 18.2 Å². The number of aromatic amines is 1. The molecular weight excluding hydrogens is 1280 g/mol. The zero-order valence-electron chi connectivity index (χ0n) is 56.3. The molecule has 1 fully saturated rings. The molecule has 0 saturated carbocycles. The number of unbranched alkanes of at least 4 members (excludes halogenated alkanes) is 1. The lowest BCUT2D eigenvalue weighted by atomic mass is 9.87. The molecule has 0 bridgehead atoms. The van der Waals surface area contributed by atoms with Crippen LogP contribution in [0.4, 0.5) is 4.79 Å². The highest BCUT2D eigenvalue weighted by molar-refractivity contribution is 6.13. The van der Waals surface area contributed by atoms with Crippen LogP contribution in [0.1, 0.15) is 115 Å². The first-order valence-electron chi connectivity index (χ1n) is 33.3. The van der Waals surface area contributed by atoms with Crippen LogP contribution in [0.2, 0.25) is 0 Å². The molecule has 28 heteroatoms. The second kappa shape index (κ2) is 36.3. The van der Waals surface area contributed by atoms with Gasteiger partial charge in [-0.05, 0) is 108 Å². The van der Waals surface area contributed by atoms with E-state index < -0.39 is 162 Å². The number of rotatable bonds is 28. The lowest BCUT2D eigenvalue weighted by molar-refractivity contribution is -0.143. The third-order valence-corrected chi connectivity index (χ3v) is 17.1. The van der Waals surface area contributed by atoms with E-state index in [4.69, 9.17) is 4.74 Å². The molecule has 4 aromatic rings. The molecule has 12 amide bonds. The fourth-order valence-electron chi connectivity index (χ4n) is 11.8. The van der Waals surface area contributed by atoms with Crippen molar-refractivity contribution in [3.63, 3.8) is 0 Å². The number of aromatic hydroxyl groups is 1. The normalized spacial score (nSPS) is 20.4. The topological polar surface area (TPSA) is 398 Å². The number of aromatic nitrogens is 1. The molecule has 1 saturated heterocycles. The molecule has 530 valence electrons. The van der Waals surface area contributed by atoms with Crippen LogP contribution in [-0.4, -0.2) is 194 Å². The molecule has 3 aliphatic rings. The van der Waals surface area contributed by atoms with Gasteiger partial charge >= 0.3 is 6.09 Å². The predicted octanol–water partition coefficient (Wildman–Crippen LogP) is 2.33. The minimum atomic E-state index is -1.74.